The molecule has 1 aromatic heterocycles. The lowest BCUT2D eigenvalue weighted by Crippen LogP contribution is -2.30. The van der Waals surface area contributed by atoms with Crippen molar-refractivity contribution in [3.8, 4) is 28.3 Å². The monoisotopic (exact) mass is 383 g/mol. The minimum Gasteiger partial charge on any atom is -0.342 e. The topological polar surface area (TPSA) is 65.8 Å². The summed E-state index contributed by atoms with van der Waals surface area (Å²) in [5.41, 5.74) is 5.42. The molecule has 0 aliphatic carbocycles. The summed E-state index contributed by atoms with van der Waals surface area (Å²) >= 11 is 0. The Hall–Kier alpha value is -3.45. The number of hydrogen-bond acceptors (Lipinski definition) is 3. The van der Waals surface area contributed by atoms with E-state index in [4.69, 9.17) is 5.26 Å². The fourth-order valence-corrected chi connectivity index (χ4v) is 3.45. The molecule has 1 heterocycles. The fraction of sp³-hybridized carbons (Fsp3) is 0.240. The minimum atomic E-state index is -0.264. The van der Waals surface area contributed by atoms with Gasteiger partial charge in [-0.25, -0.2) is 0 Å². The van der Waals surface area contributed by atoms with Crippen LogP contribution in [0.15, 0.2) is 73.1 Å². The van der Waals surface area contributed by atoms with Crippen LogP contribution in [0.25, 0.3) is 22.3 Å². The van der Waals surface area contributed by atoms with Crippen LogP contribution in [-0.2, 0) is 4.79 Å². The highest BCUT2D eigenvalue weighted by atomic mass is 16.1. The largest absolute Gasteiger partial charge is 0.342 e. The molecule has 1 amide bonds. The molecule has 4 nitrogen and oxygen atoms in total. The molecular weight excluding hydrogens is 358 g/mol. The highest BCUT2D eigenvalue weighted by molar-refractivity contribution is 5.84. The first-order chi connectivity index (χ1) is 14.1. The van der Waals surface area contributed by atoms with E-state index in [0.29, 0.717) is 5.92 Å². The lowest BCUT2D eigenvalue weighted by Gasteiger charge is -2.19. The molecule has 2 aromatic carbocycles. The number of benzene rings is 2. The normalized spacial score (nSPS) is 11.7. The van der Waals surface area contributed by atoms with Gasteiger partial charge in [-0.15, -0.1) is 0 Å². The second kappa shape index (κ2) is 9.66. The van der Waals surface area contributed by atoms with Crippen LogP contribution in [0.2, 0.25) is 0 Å². The van der Waals surface area contributed by atoms with Crippen LogP contribution in [0, 0.1) is 17.2 Å². The minimum absolute atomic E-state index is 0.0313. The molecule has 0 saturated carbocycles. The van der Waals surface area contributed by atoms with E-state index in [2.05, 4.69) is 60.5 Å². The average Bonchev–Trinajstić information content (AvgIpc) is 2.76. The van der Waals surface area contributed by atoms with Crippen molar-refractivity contribution in [3.63, 3.8) is 0 Å². The maximum absolute atomic E-state index is 12.6. The zero-order valence-electron chi connectivity index (χ0n) is 16.8. The van der Waals surface area contributed by atoms with Crippen LogP contribution in [0.3, 0.4) is 0 Å². The lowest BCUT2D eigenvalue weighted by atomic mass is 9.88. The number of nitrogens with one attached hydrogen (secondary N) is 1. The van der Waals surface area contributed by atoms with Gasteiger partial charge in [0.25, 0.3) is 0 Å². The molecule has 1 N–H and O–H groups in total. The van der Waals surface area contributed by atoms with E-state index in [0.717, 1.165) is 34.2 Å². The summed E-state index contributed by atoms with van der Waals surface area (Å²) < 4.78 is 0. The van der Waals surface area contributed by atoms with Gasteiger partial charge in [0.05, 0.1) is 12.0 Å². The number of hydrogen-bond donors (Lipinski definition) is 1. The van der Waals surface area contributed by atoms with E-state index in [1.807, 2.05) is 30.3 Å². The van der Waals surface area contributed by atoms with Gasteiger partial charge in [-0.2, -0.15) is 5.26 Å². The van der Waals surface area contributed by atoms with Gasteiger partial charge in [-0.1, -0.05) is 62.4 Å². The molecule has 3 aromatic rings. The number of amides is 1. The molecule has 0 saturated heterocycles. The maximum Gasteiger partial charge on any atom is 0.228 e. The van der Waals surface area contributed by atoms with Crippen LogP contribution in [-0.4, -0.2) is 17.4 Å². The van der Waals surface area contributed by atoms with Gasteiger partial charge in [-0.3, -0.25) is 9.78 Å². The Morgan fingerprint density at radius 2 is 1.59 bits per heavy atom. The van der Waals surface area contributed by atoms with E-state index in [9.17, 15) is 4.79 Å². The van der Waals surface area contributed by atoms with Crippen molar-refractivity contribution in [1.29, 1.82) is 5.26 Å². The van der Waals surface area contributed by atoms with Crippen LogP contribution in [0.4, 0.5) is 0 Å². The maximum atomic E-state index is 12.6. The number of carbonyl (C=O) groups excluding carboxylic acids is 1. The van der Waals surface area contributed by atoms with E-state index in [1.165, 1.54) is 0 Å². The third-order valence-electron chi connectivity index (χ3n) is 4.89. The molecular formula is C25H25N3O. The lowest BCUT2D eigenvalue weighted by molar-refractivity contribution is -0.122. The number of pyridine rings is 1. The van der Waals surface area contributed by atoms with Crippen molar-refractivity contribution in [2.75, 3.05) is 6.54 Å². The van der Waals surface area contributed by atoms with Crippen LogP contribution >= 0.6 is 0 Å². The molecule has 146 valence electrons. The van der Waals surface area contributed by atoms with Gasteiger partial charge in [0, 0.05) is 12.4 Å². The van der Waals surface area contributed by atoms with Crippen molar-refractivity contribution in [2.24, 2.45) is 5.92 Å². The Bertz CT molecular complexity index is 989. The van der Waals surface area contributed by atoms with Gasteiger partial charge in [0.1, 0.15) is 6.54 Å². The second-order valence-electron chi connectivity index (χ2n) is 7.50. The van der Waals surface area contributed by atoms with Crippen LogP contribution < -0.4 is 5.32 Å². The van der Waals surface area contributed by atoms with Crippen molar-refractivity contribution in [1.82, 2.24) is 10.3 Å². The highest BCUT2D eigenvalue weighted by Gasteiger charge is 2.22. The first kappa shape index (κ1) is 20.3. The van der Waals surface area contributed by atoms with Crippen LogP contribution in [0.1, 0.15) is 31.7 Å². The molecule has 0 bridgehead atoms. The Kier molecular flexibility index (Phi) is 6.76. The quantitative estimate of drug-likeness (QED) is 0.571. The molecule has 0 spiro atoms. The number of nitrogens with zero attached hydrogens (tertiary/aromatic N) is 2. The Morgan fingerprint density at radius 3 is 2.21 bits per heavy atom. The average molecular weight is 383 g/mol. The molecule has 0 radical (unpaired) electrons. The van der Waals surface area contributed by atoms with Gasteiger partial charge in [0.15, 0.2) is 0 Å². The molecule has 4 heteroatoms. The first-order valence-corrected chi connectivity index (χ1v) is 9.84. The van der Waals surface area contributed by atoms with E-state index < -0.39 is 0 Å². The molecule has 3 rings (SSSR count). The predicted octanol–water partition coefficient (Wildman–Crippen LogP) is 5.19. The number of rotatable bonds is 7. The molecule has 0 aliphatic heterocycles. The molecule has 1 atom stereocenters. The van der Waals surface area contributed by atoms with Crippen molar-refractivity contribution in [3.05, 3.63) is 78.6 Å². The zero-order valence-corrected chi connectivity index (χ0v) is 16.8. The van der Waals surface area contributed by atoms with Gasteiger partial charge in [-0.05, 0) is 52.3 Å². The van der Waals surface area contributed by atoms with Crippen molar-refractivity contribution >= 4 is 5.91 Å². The predicted molar refractivity (Wildman–Crippen MR) is 116 cm³/mol. The highest BCUT2D eigenvalue weighted by Crippen LogP contribution is 2.30. The van der Waals surface area contributed by atoms with Crippen LogP contribution in [0.5, 0.6) is 0 Å². The zero-order chi connectivity index (χ0) is 20.6. The number of nitriles is 1. The molecule has 0 fully saturated rings. The second-order valence-corrected chi connectivity index (χ2v) is 7.50. The molecule has 0 aliphatic rings. The number of aromatic nitrogens is 1. The Balaban J connectivity index is 1.87. The first-order valence-electron chi connectivity index (χ1n) is 9.84. The number of carbonyl (C=O) groups is 1. The van der Waals surface area contributed by atoms with Crippen molar-refractivity contribution in [2.45, 2.75) is 26.2 Å². The van der Waals surface area contributed by atoms with E-state index >= 15 is 0 Å². The third-order valence-corrected chi connectivity index (χ3v) is 4.89. The van der Waals surface area contributed by atoms with E-state index in [-0.39, 0.29) is 18.4 Å². The summed E-state index contributed by atoms with van der Waals surface area (Å²) in [4.78, 5) is 16.7. The summed E-state index contributed by atoms with van der Waals surface area (Å²) in [7, 11) is 0. The van der Waals surface area contributed by atoms with Gasteiger partial charge in [0.2, 0.25) is 5.91 Å². The van der Waals surface area contributed by atoms with Crippen molar-refractivity contribution < 1.29 is 4.79 Å². The Labute approximate surface area is 172 Å². The summed E-state index contributed by atoms with van der Waals surface area (Å²) in [6.07, 6.45) is 4.32. The van der Waals surface area contributed by atoms with E-state index in [1.54, 1.807) is 12.4 Å². The van der Waals surface area contributed by atoms with Gasteiger partial charge < -0.3 is 5.32 Å². The molecule has 1 unspecified atom stereocenters. The standard InChI is InChI=1S/C25H25N3O/c1-18(2)16-24(25(29)28-15-12-26)23-5-3-4-22(17-23)20-8-6-19(7-9-20)21-10-13-27-14-11-21/h3-11,13-14,17-18,24H,15-16H2,1-2H3,(H,28,29). The fourth-order valence-electron chi connectivity index (χ4n) is 3.45. The Morgan fingerprint density at radius 1 is 0.966 bits per heavy atom. The summed E-state index contributed by atoms with van der Waals surface area (Å²) in [5.74, 6) is 0.0148. The SMILES string of the molecule is CC(C)CC(C(=O)NCC#N)c1cccc(-c2ccc(-c3ccncc3)cc2)c1. The molecule has 29 heavy (non-hydrogen) atoms. The summed E-state index contributed by atoms with van der Waals surface area (Å²) in [6, 6.07) is 22.5. The third kappa shape index (κ3) is 5.30. The summed E-state index contributed by atoms with van der Waals surface area (Å²) in [5, 5.41) is 11.5. The smallest absolute Gasteiger partial charge is 0.228 e. The summed E-state index contributed by atoms with van der Waals surface area (Å²) in [6.45, 7) is 4.24. The van der Waals surface area contributed by atoms with Gasteiger partial charge >= 0.3 is 0 Å².